The summed E-state index contributed by atoms with van der Waals surface area (Å²) in [5, 5.41) is 0.465. The second-order valence-corrected chi connectivity index (χ2v) is 2.82. The van der Waals surface area contributed by atoms with E-state index in [4.69, 9.17) is 21.8 Å². The van der Waals surface area contributed by atoms with Crippen molar-refractivity contribution in [3.8, 4) is 0 Å². The summed E-state index contributed by atoms with van der Waals surface area (Å²) in [6.45, 7) is 0.383. The van der Waals surface area contributed by atoms with Crippen LogP contribution < -0.4 is 5.73 Å². The van der Waals surface area contributed by atoms with Crippen LogP contribution in [0.3, 0.4) is 0 Å². The summed E-state index contributed by atoms with van der Waals surface area (Å²) in [6.07, 6.45) is 0. The number of hydrogen-bond donors (Lipinski definition) is 1. The van der Waals surface area contributed by atoms with Gasteiger partial charge in [0.05, 0.1) is 6.54 Å². The van der Waals surface area contributed by atoms with Crippen LogP contribution in [-0.4, -0.2) is 4.98 Å². The van der Waals surface area contributed by atoms with E-state index in [2.05, 4.69) is 4.98 Å². The second kappa shape index (κ2) is 2.77. The third kappa shape index (κ3) is 1.17. The lowest BCUT2D eigenvalue weighted by molar-refractivity contribution is 0.552. The fraction of sp³-hybridized carbons (Fsp3) is 0.125. The van der Waals surface area contributed by atoms with Gasteiger partial charge in [-0.3, -0.25) is 0 Å². The van der Waals surface area contributed by atoms with Gasteiger partial charge >= 0.3 is 0 Å². The molecule has 2 aromatic rings. The number of pyridine rings is 1. The smallest absolute Gasteiger partial charge is 0.152 e. The summed E-state index contributed by atoms with van der Waals surface area (Å²) in [4.78, 5) is 4.06. The SMILES string of the molecule is NCc1cc2nc(Cl)ccc2o1. The van der Waals surface area contributed by atoms with Crippen molar-refractivity contribution in [1.82, 2.24) is 4.98 Å². The van der Waals surface area contributed by atoms with Crippen molar-refractivity contribution in [2.24, 2.45) is 5.73 Å². The summed E-state index contributed by atoms with van der Waals surface area (Å²) in [7, 11) is 0. The van der Waals surface area contributed by atoms with Gasteiger partial charge in [0.1, 0.15) is 16.4 Å². The molecule has 2 aromatic heterocycles. The van der Waals surface area contributed by atoms with Gasteiger partial charge in [-0.25, -0.2) is 4.98 Å². The minimum atomic E-state index is 0.383. The Labute approximate surface area is 74.1 Å². The van der Waals surface area contributed by atoms with Crippen LogP contribution in [0.25, 0.3) is 11.1 Å². The van der Waals surface area contributed by atoms with Gasteiger partial charge in [-0.1, -0.05) is 11.6 Å². The molecule has 0 spiro atoms. The first-order valence-electron chi connectivity index (χ1n) is 3.54. The van der Waals surface area contributed by atoms with Crippen LogP contribution in [0, 0.1) is 0 Å². The molecule has 0 amide bonds. The lowest BCUT2D eigenvalue weighted by Crippen LogP contribution is -1.92. The highest BCUT2D eigenvalue weighted by Crippen LogP contribution is 2.18. The molecule has 0 saturated heterocycles. The number of aromatic nitrogens is 1. The van der Waals surface area contributed by atoms with Crippen molar-refractivity contribution in [2.75, 3.05) is 0 Å². The number of fused-ring (bicyclic) bond motifs is 1. The van der Waals surface area contributed by atoms with E-state index in [1.54, 1.807) is 18.2 Å². The first kappa shape index (κ1) is 7.58. The number of nitrogens with two attached hydrogens (primary N) is 1. The summed E-state index contributed by atoms with van der Waals surface area (Å²) in [6, 6.07) is 5.26. The molecule has 0 unspecified atom stereocenters. The Hall–Kier alpha value is -1.06. The van der Waals surface area contributed by atoms with Crippen molar-refractivity contribution >= 4 is 22.7 Å². The Bertz CT molecular complexity index is 410. The van der Waals surface area contributed by atoms with Crippen LogP contribution in [0.4, 0.5) is 0 Å². The molecular weight excluding hydrogens is 176 g/mol. The molecule has 0 radical (unpaired) electrons. The Morgan fingerprint density at radius 1 is 1.50 bits per heavy atom. The zero-order chi connectivity index (χ0) is 8.55. The summed E-state index contributed by atoms with van der Waals surface area (Å²) < 4.78 is 5.33. The molecule has 0 saturated carbocycles. The van der Waals surface area contributed by atoms with E-state index >= 15 is 0 Å². The normalized spacial score (nSPS) is 10.8. The van der Waals surface area contributed by atoms with Crippen molar-refractivity contribution < 1.29 is 4.42 Å². The molecule has 2 N–H and O–H groups in total. The van der Waals surface area contributed by atoms with Gasteiger partial charge in [-0.2, -0.15) is 0 Å². The maximum absolute atomic E-state index is 5.69. The molecule has 3 nitrogen and oxygen atoms in total. The molecule has 0 atom stereocenters. The van der Waals surface area contributed by atoms with E-state index < -0.39 is 0 Å². The van der Waals surface area contributed by atoms with Gasteiger partial charge in [0.15, 0.2) is 5.58 Å². The average molecular weight is 183 g/mol. The molecule has 2 rings (SSSR count). The lowest BCUT2D eigenvalue weighted by atomic mass is 10.4. The number of hydrogen-bond acceptors (Lipinski definition) is 3. The van der Waals surface area contributed by atoms with Gasteiger partial charge in [0.2, 0.25) is 0 Å². The molecule has 4 heteroatoms. The largest absolute Gasteiger partial charge is 0.458 e. The highest BCUT2D eigenvalue weighted by atomic mass is 35.5. The number of furan rings is 1. The molecule has 2 heterocycles. The van der Waals surface area contributed by atoms with Crippen LogP contribution in [0.1, 0.15) is 5.76 Å². The highest BCUT2D eigenvalue weighted by molar-refractivity contribution is 6.29. The van der Waals surface area contributed by atoms with Gasteiger partial charge < -0.3 is 10.2 Å². The minimum Gasteiger partial charge on any atom is -0.458 e. The zero-order valence-corrected chi connectivity index (χ0v) is 7.01. The molecule has 62 valence electrons. The first-order valence-corrected chi connectivity index (χ1v) is 3.92. The summed E-state index contributed by atoms with van der Waals surface area (Å²) in [5.41, 5.74) is 6.87. The van der Waals surface area contributed by atoms with E-state index in [9.17, 15) is 0 Å². The average Bonchev–Trinajstić information content (AvgIpc) is 2.46. The molecular formula is C8H7ClN2O. The predicted octanol–water partition coefficient (Wildman–Crippen LogP) is 1.94. The topological polar surface area (TPSA) is 52.0 Å². The van der Waals surface area contributed by atoms with E-state index in [-0.39, 0.29) is 0 Å². The fourth-order valence-electron chi connectivity index (χ4n) is 1.05. The molecule has 0 aliphatic heterocycles. The van der Waals surface area contributed by atoms with Crippen molar-refractivity contribution in [2.45, 2.75) is 6.54 Å². The molecule has 0 fully saturated rings. The zero-order valence-electron chi connectivity index (χ0n) is 6.25. The van der Waals surface area contributed by atoms with Crippen LogP contribution in [0.5, 0.6) is 0 Å². The Kier molecular flexibility index (Phi) is 1.75. The quantitative estimate of drug-likeness (QED) is 0.686. The van der Waals surface area contributed by atoms with Crippen LogP contribution in [0.15, 0.2) is 22.6 Å². The maximum atomic E-state index is 5.69. The lowest BCUT2D eigenvalue weighted by Gasteiger charge is -1.87. The highest BCUT2D eigenvalue weighted by Gasteiger charge is 2.02. The predicted molar refractivity (Wildman–Crippen MR) is 46.9 cm³/mol. The third-order valence-corrected chi connectivity index (χ3v) is 1.80. The van der Waals surface area contributed by atoms with Gasteiger partial charge in [0.25, 0.3) is 0 Å². The number of rotatable bonds is 1. The molecule has 0 aliphatic carbocycles. The Morgan fingerprint density at radius 3 is 3.08 bits per heavy atom. The Balaban J connectivity index is 2.67. The van der Waals surface area contributed by atoms with Gasteiger partial charge in [-0.15, -0.1) is 0 Å². The maximum Gasteiger partial charge on any atom is 0.152 e. The van der Waals surface area contributed by atoms with E-state index in [0.29, 0.717) is 11.7 Å². The van der Waals surface area contributed by atoms with Gasteiger partial charge in [-0.05, 0) is 12.1 Å². The van der Waals surface area contributed by atoms with Gasteiger partial charge in [0, 0.05) is 6.07 Å². The number of nitrogens with zero attached hydrogens (tertiary/aromatic N) is 1. The monoisotopic (exact) mass is 182 g/mol. The third-order valence-electron chi connectivity index (χ3n) is 1.59. The standard InChI is InChI=1S/C8H7ClN2O/c9-8-2-1-7-6(11-8)3-5(4-10)12-7/h1-3H,4,10H2. The second-order valence-electron chi connectivity index (χ2n) is 2.43. The van der Waals surface area contributed by atoms with Crippen molar-refractivity contribution in [1.29, 1.82) is 0 Å². The Morgan fingerprint density at radius 2 is 2.33 bits per heavy atom. The molecule has 0 bridgehead atoms. The minimum absolute atomic E-state index is 0.383. The fourth-order valence-corrected chi connectivity index (χ4v) is 1.20. The van der Waals surface area contributed by atoms with Crippen LogP contribution in [0.2, 0.25) is 5.15 Å². The van der Waals surface area contributed by atoms with E-state index in [1.165, 1.54) is 0 Å². The molecule has 12 heavy (non-hydrogen) atoms. The van der Waals surface area contributed by atoms with Crippen molar-refractivity contribution in [3.63, 3.8) is 0 Å². The van der Waals surface area contributed by atoms with Crippen LogP contribution in [-0.2, 0) is 6.54 Å². The number of halogens is 1. The molecule has 0 aromatic carbocycles. The van der Waals surface area contributed by atoms with Crippen LogP contribution >= 0.6 is 11.6 Å². The summed E-state index contributed by atoms with van der Waals surface area (Å²) >= 11 is 5.69. The molecule has 0 aliphatic rings. The first-order chi connectivity index (χ1) is 5.79. The summed E-state index contributed by atoms with van der Waals surface area (Å²) in [5.74, 6) is 0.722. The van der Waals surface area contributed by atoms with Crippen molar-refractivity contribution in [3.05, 3.63) is 29.1 Å². The van der Waals surface area contributed by atoms with E-state index in [1.807, 2.05) is 0 Å². The van der Waals surface area contributed by atoms with E-state index in [0.717, 1.165) is 16.9 Å².